The van der Waals surface area contributed by atoms with Gasteiger partial charge in [-0.05, 0) is 30.8 Å². The zero-order chi connectivity index (χ0) is 17.1. The van der Waals surface area contributed by atoms with E-state index in [1.54, 1.807) is 17.0 Å². The summed E-state index contributed by atoms with van der Waals surface area (Å²) in [6.45, 7) is 6.94. The fourth-order valence-corrected chi connectivity index (χ4v) is 3.33. The number of amides is 3. The summed E-state index contributed by atoms with van der Waals surface area (Å²) >= 11 is 5.89. The molecular formula is C17H23ClN4O2. The van der Waals surface area contributed by atoms with Crippen molar-refractivity contribution in [3.8, 4) is 0 Å². The number of nitrogens with zero attached hydrogens (tertiary/aromatic N) is 3. The van der Waals surface area contributed by atoms with Gasteiger partial charge >= 0.3 is 6.03 Å². The first kappa shape index (κ1) is 17.0. The summed E-state index contributed by atoms with van der Waals surface area (Å²) in [6, 6.07) is 6.97. The number of piperazine rings is 1. The number of anilines is 1. The molecule has 1 atom stereocenters. The van der Waals surface area contributed by atoms with Gasteiger partial charge in [0.2, 0.25) is 5.91 Å². The Morgan fingerprint density at radius 3 is 2.50 bits per heavy atom. The highest BCUT2D eigenvalue weighted by Gasteiger charge is 2.32. The Morgan fingerprint density at radius 1 is 1.21 bits per heavy atom. The smallest absolute Gasteiger partial charge is 0.317 e. The third kappa shape index (κ3) is 3.82. The molecule has 0 aliphatic carbocycles. The number of likely N-dealkylation sites (N-methyl/N-ethyl adjacent to an activating group) is 1. The average Bonchev–Trinajstić information content (AvgIpc) is 2.96. The predicted octanol–water partition coefficient (Wildman–Crippen LogP) is 1.79. The van der Waals surface area contributed by atoms with Gasteiger partial charge in [0, 0.05) is 49.9 Å². The maximum Gasteiger partial charge on any atom is 0.317 e. The third-order valence-corrected chi connectivity index (χ3v) is 4.95. The number of rotatable bonds is 3. The minimum atomic E-state index is -0.148. The summed E-state index contributed by atoms with van der Waals surface area (Å²) in [4.78, 5) is 30.5. The predicted molar refractivity (Wildman–Crippen MR) is 94.4 cm³/mol. The largest absolute Gasteiger partial charge is 0.333 e. The van der Waals surface area contributed by atoms with Crippen LogP contribution < -0.4 is 10.2 Å². The lowest BCUT2D eigenvalue weighted by Crippen LogP contribution is -2.53. The number of carbonyl (C=O) groups excluding carboxylic acids is 2. The number of carbonyl (C=O) groups is 2. The first-order valence-electron chi connectivity index (χ1n) is 8.40. The molecule has 2 saturated heterocycles. The van der Waals surface area contributed by atoms with Crippen molar-refractivity contribution in [3.05, 3.63) is 29.3 Å². The third-order valence-electron chi connectivity index (χ3n) is 4.70. The van der Waals surface area contributed by atoms with Crippen LogP contribution >= 0.6 is 11.6 Å². The number of hydrogen-bond donors (Lipinski definition) is 1. The molecule has 24 heavy (non-hydrogen) atoms. The van der Waals surface area contributed by atoms with Crippen molar-refractivity contribution in [1.82, 2.24) is 15.1 Å². The minimum absolute atomic E-state index is 0.0263. The van der Waals surface area contributed by atoms with E-state index in [0.29, 0.717) is 18.0 Å². The van der Waals surface area contributed by atoms with E-state index in [9.17, 15) is 9.59 Å². The van der Waals surface area contributed by atoms with Gasteiger partial charge in [0.05, 0.1) is 6.04 Å². The van der Waals surface area contributed by atoms with Gasteiger partial charge in [0.15, 0.2) is 0 Å². The lowest BCUT2D eigenvalue weighted by molar-refractivity contribution is -0.117. The number of nitrogens with one attached hydrogen (secondary N) is 1. The van der Waals surface area contributed by atoms with Crippen molar-refractivity contribution in [2.45, 2.75) is 19.4 Å². The number of hydrogen-bond acceptors (Lipinski definition) is 3. The molecule has 0 saturated carbocycles. The molecule has 2 heterocycles. The Bertz CT molecular complexity index is 599. The standard InChI is InChI=1S/C17H23ClN4O2/c1-2-20-7-9-21(10-8-20)17(24)19-14-11-16(23)22(12-14)15-5-3-13(18)4-6-15/h3-6,14H,2,7-12H2,1H3,(H,19,24). The Morgan fingerprint density at radius 2 is 1.88 bits per heavy atom. The van der Waals surface area contributed by atoms with Crippen LogP contribution in [0.5, 0.6) is 0 Å². The summed E-state index contributed by atoms with van der Waals surface area (Å²) in [7, 11) is 0. The molecule has 1 aromatic rings. The molecule has 6 nitrogen and oxygen atoms in total. The van der Waals surface area contributed by atoms with Gasteiger partial charge in [0.1, 0.15) is 0 Å². The number of halogens is 1. The maximum atomic E-state index is 12.4. The number of benzene rings is 1. The first-order chi connectivity index (χ1) is 11.6. The summed E-state index contributed by atoms with van der Waals surface area (Å²) in [5.41, 5.74) is 0.817. The van der Waals surface area contributed by atoms with Gasteiger partial charge in [-0.2, -0.15) is 0 Å². The highest BCUT2D eigenvalue weighted by Crippen LogP contribution is 2.23. The second-order valence-electron chi connectivity index (χ2n) is 6.25. The monoisotopic (exact) mass is 350 g/mol. The van der Waals surface area contributed by atoms with E-state index in [-0.39, 0.29) is 18.0 Å². The highest BCUT2D eigenvalue weighted by molar-refractivity contribution is 6.30. The van der Waals surface area contributed by atoms with Crippen LogP contribution in [0.1, 0.15) is 13.3 Å². The topological polar surface area (TPSA) is 55.9 Å². The molecule has 0 aromatic heterocycles. The van der Waals surface area contributed by atoms with Crippen LogP contribution in [0.3, 0.4) is 0 Å². The van der Waals surface area contributed by atoms with E-state index >= 15 is 0 Å². The molecule has 1 unspecified atom stereocenters. The van der Waals surface area contributed by atoms with E-state index in [1.807, 2.05) is 17.0 Å². The minimum Gasteiger partial charge on any atom is -0.333 e. The van der Waals surface area contributed by atoms with Crippen molar-refractivity contribution in [1.29, 1.82) is 0 Å². The SMILES string of the molecule is CCN1CCN(C(=O)NC2CC(=O)N(c3ccc(Cl)cc3)C2)CC1. The van der Waals surface area contributed by atoms with Crippen LogP contribution in [-0.4, -0.2) is 67.0 Å². The van der Waals surface area contributed by atoms with E-state index < -0.39 is 0 Å². The van der Waals surface area contributed by atoms with Crippen molar-refractivity contribution in [3.63, 3.8) is 0 Å². The van der Waals surface area contributed by atoms with E-state index in [0.717, 1.165) is 38.4 Å². The van der Waals surface area contributed by atoms with Crippen molar-refractivity contribution in [2.75, 3.05) is 44.2 Å². The molecule has 0 radical (unpaired) electrons. The fraction of sp³-hybridized carbons (Fsp3) is 0.529. The Balaban J connectivity index is 1.54. The average molecular weight is 351 g/mol. The second kappa shape index (κ2) is 7.40. The summed E-state index contributed by atoms with van der Waals surface area (Å²) in [6.07, 6.45) is 0.337. The molecule has 130 valence electrons. The lowest BCUT2D eigenvalue weighted by Gasteiger charge is -2.34. The van der Waals surface area contributed by atoms with Crippen LogP contribution in [0, 0.1) is 0 Å². The van der Waals surface area contributed by atoms with Gasteiger partial charge in [-0.15, -0.1) is 0 Å². The maximum absolute atomic E-state index is 12.4. The quantitative estimate of drug-likeness (QED) is 0.904. The van der Waals surface area contributed by atoms with Crippen molar-refractivity contribution in [2.24, 2.45) is 0 Å². The summed E-state index contributed by atoms with van der Waals surface area (Å²) in [5.74, 6) is 0.0263. The molecule has 2 aliphatic heterocycles. The molecular weight excluding hydrogens is 328 g/mol. The molecule has 7 heteroatoms. The normalized spacial score (nSPS) is 22.1. The van der Waals surface area contributed by atoms with Crippen LogP contribution in [0.4, 0.5) is 10.5 Å². The second-order valence-corrected chi connectivity index (χ2v) is 6.69. The molecule has 0 bridgehead atoms. The van der Waals surface area contributed by atoms with Gasteiger partial charge in [-0.1, -0.05) is 18.5 Å². The summed E-state index contributed by atoms with van der Waals surface area (Å²) < 4.78 is 0. The van der Waals surface area contributed by atoms with Crippen LogP contribution in [0.25, 0.3) is 0 Å². The lowest BCUT2D eigenvalue weighted by atomic mass is 10.2. The van der Waals surface area contributed by atoms with Gasteiger partial charge in [-0.3, -0.25) is 4.79 Å². The molecule has 2 aliphatic rings. The van der Waals surface area contributed by atoms with Gasteiger partial charge in [0.25, 0.3) is 0 Å². The highest BCUT2D eigenvalue weighted by atomic mass is 35.5. The molecule has 2 fully saturated rings. The molecule has 3 amide bonds. The Labute approximate surface area is 147 Å². The summed E-state index contributed by atoms with van der Waals surface area (Å²) in [5, 5.41) is 3.64. The molecule has 3 rings (SSSR count). The van der Waals surface area contributed by atoms with Crippen LogP contribution in [-0.2, 0) is 4.79 Å². The first-order valence-corrected chi connectivity index (χ1v) is 8.78. The number of urea groups is 1. The molecule has 1 N–H and O–H groups in total. The fourth-order valence-electron chi connectivity index (χ4n) is 3.21. The Hall–Kier alpha value is -1.79. The van der Waals surface area contributed by atoms with E-state index in [4.69, 9.17) is 11.6 Å². The van der Waals surface area contributed by atoms with E-state index in [2.05, 4.69) is 17.1 Å². The van der Waals surface area contributed by atoms with Crippen LogP contribution in [0.2, 0.25) is 5.02 Å². The van der Waals surface area contributed by atoms with Gasteiger partial charge in [-0.25, -0.2) is 4.79 Å². The molecule has 0 spiro atoms. The van der Waals surface area contributed by atoms with Crippen molar-refractivity contribution < 1.29 is 9.59 Å². The van der Waals surface area contributed by atoms with Crippen LogP contribution in [0.15, 0.2) is 24.3 Å². The molecule has 1 aromatic carbocycles. The Kier molecular flexibility index (Phi) is 5.26. The zero-order valence-electron chi connectivity index (χ0n) is 13.9. The zero-order valence-corrected chi connectivity index (χ0v) is 14.6. The van der Waals surface area contributed by atoms with Gasteiger partial charge < -0.3 is 20.0 Å². The van der Waals surface area contributed by atoms with E-state index in [1.165, 1.54) is 0 Å². The van der Waals surface area contributed by atoms with Crippen molar-refractivity contribution >= 4 is 29.2 Å².